The highest BCUT2D eigenvalue weighted by molar-refractivity contribution is 6.75. The van der Waals surface area contributed by atoms with Gasteiger partial charge in [0.15, 0.2) is 0 Å². The van der Waals surface area contributed by atoms with Crippen molar-refractivity contribution in [2.24, 2.45) is 0 Å². The van der Waals surface area contributed by atoms with Gasteiger partial charge in [-0.25, -0.2) is 0 Å². The third-order valence-corrected chi connectivity index (χ3v) is 6.27. The summed E-state index contributed by atoms with van der Waals surface area (Å²) in [7, 11) is -2.90. The smallest absolute Gasteiger partial charge is 0.367 e. The number of rotatable bonds is 8. The summed E-state index contributed by atoms with van der Waals surface area (Å²) in [5, 5.41) is 1.04. The van der Waals surface area contributed by atoms with Crippen LogP contribution in [0.4, 0.5) is 0 Å². The molecule has 3 nitrogen and oxygen atoms in total. The third kappa shape index (κ3) is 5.55. The van der Waals surface area contributed by atoms with Gasteiger partial charge in [0, 0.05) is 23.5 Å². The van der Waals surface area contributed by atoms with Crippen LogP contribution in [0.2, 0.25) is 0 Å². The van der Waals surface area contributed by atoms with Gasteiger partial charge in [-0.1, -0.05) is 31.2 Å². The van der Waals surface area contributed by atoms with E-state index in [1.165, 1.54) is 5.56 Å². The Balaban J connectivity index is 3.22. The topological polar surface area (TPSA) is 27.7 Å². The zero-order valence-corrected chi connectivity index (χ0v) is 15.5. The monoisotopic (exact) mass is 310 g/mol. The summed E-state index contributed by atoms with van der Waals surface area (Å²) in [6.45, 7) is 14.3. The van der Waals surface area contributed by atoms with Gasteiger partial charge in [0.05, 0.1) is 0 Å². The molecule has 0 bridgehead atoms. The van der Waals surface area contributed by atoms with Crippen LogP contribution in [0, 0.1) is 0 Å². The van der Waals surface area contributed by atoms with Crippen LogP contribution in [0.1, 0.15) is 54.0 Å². The van der Waals surface area contributed by atoms with Crippen LogP contribution in [-0.4, -0.2) is 27.1 Å². The van der Waals surface area contributed by atoms with Gasteiger partial charge in [-0.05, 0) is 53.5 Å². The minimum Gasteiger partial charge on any atom is -0.367 e. The Bertz CT molecular complexity index is 386. The average Bonchev–Trinajstić information content (AvgIpc) is 2.36. The van der Waals surface area contributed by atoms with E-state index >= 15 is 0 Å². The standard InChI is InChI=1S/C17H30O3Si/c1-8-16-9-11-17(12-10-16)21(18-13(2)3,19-14(4)5)20-15(6)7/h9-15H,8H2,1-7H3. The molecule has 0 atom stereocenters. The molecule has 0 unspecified atom stereocenters. The molecule has 0 saturated carbocycles. The normalized spacial score (nSPS) is 12.7. The molecule has 21 heavy (non-hydrogen) atoms. The highest BCUT2D eigenvalue weighted by atomic mass is 28.4. The molecule has 0 fully saturated rings. The van der Waals surface area contributed by atoms with Crippen LogP contribution in [-0.2, 0) is 19.7 Å². The molecule has 0 heterocycles. The van der Waals surface area contributed by atoms with Crippen molar-refractivity contribution in [3.63, 3.8) is 0 Å². The van der Waals surface area contributed by atoms with Crippen molar-refractivity contribution in [1.29, 1.82) is 0 Å². The van der Waals surface area contributed by atoms with Gasteiger partial charge >= 0.3 is 8.80 Å². The van der Waals surface area contributed by atoms with Gasteiger partial charge in [-0.2, -0.15) is 0 Å². The van der Waals surface area contributed by atoms with E-state index in [2.05, 4.69) is 31.2 Å². The average molecular weight is 311 g/mol. The molecule has 120 valence electrons. The number of aryl methyl sites for hydroxylation is 1. The summed E-state index contributed by atoms with van der Waals surface area (Å²) in [4.78, 5) is 0. The Morgan fingerprint density at radius 1 is 0.762 bits per heavy atom. The lowest BCUT2D eigenvalue weighted by Crippen LogP contribution is -2.60. The van der Waals surface area contributed by atoms with E-state index in [4.69, 9.17) is 13.3 Å². The fourth-order valence-corrected chi connectivity index (χ4v) is 5.17. The van der Waals surface area contributed by atoms with Crippen molar-refractivity contribution in [1.82, 2.24) is 0 Å². The molecule has 1 rings (SSSR count). The van der Waals surface area contributed by atoms with Gasteiger partial charge < -0.3 is 13.3 Å². The molecule has 0 saturated heterocycles. The van der Waals surface area contributed by atoms with Gasteiger partial charge in [-0.15, -0.1) is 0 Å². The number of benzene rings is 1. The molecule has 4 heteroatoms. The second kappa shape index (κ2) is 8.08. The van der Waals surface area contributed by atoms with Crippen LogP contribution in [0.5, 0.6) is 0 Å². The van der Waals surface area contributed by atoms with Gasteiger partial charge in [0.2, 0.25) is 0 Å². The maximum atomic E-state index is 6.21. The third-order valence-electron chi connectivity index (χ3n) is 2.89. The fourth-order valence-electron chi connectivity index (χ4n) is 2.16. The van der Waals surface area contributed by atoms with Crippen molar-refractivity contribution in [2.75, 3.05) is 0 Å². The first-order valence-corrected chi connectivity index (χ1v) is 9.64. The molecular formula is C17H30O3Si. The van der Waals surface area contributed by atoms with Crippen molar-refractivity contribution in [3.05, 3.63) is 29.8 Å². The quantitative estimate of drug-likeness (QED) is 0.686. The highest BCUT2D eigenvalue weighted by Crippen LogP contribution is 2.18. The van der Waals surface area contributed by atoms with Crippen molar-refractivity contribution in [2.45, 2.75) is 73.2 Å². The fraction of sp³-hybridized carbons (Fsp3) is 0.647. The first-order valence-electron chi connectivity index (χ1n) is 7.92. The molecule has 0 spiro atoms. The second-order valence-electron chi connectivity index (χ2n) is 6.11. The number of hydrogen-bond acceptors (Lipinski definition) is 3. The van der Waals surface area contributed by atoms with E-state index in [0.717, 1.165) is 11.6 Å². The predicted molar refractivity (Wildman–Crippen MR) is 89.9 cm³/mol. The molecule has 0 aromatic heterocycles. The Labute approximate surface area is 131 Å². The van der Waals surface area contributed by atoms with Crippen LogP contribution in [0.3, 0.4) is 0 Å². The summed E-state index contributed by atoms with van der Waals surface area (Å²) in [5.41, 5.74) is 1.31. The molecule has 1 aromatic rings. The van der Waals surface area contributed by atoms with Crippen molar-refractivity contribution in [3.8, 4) is 0 Å². The molecule has 0 N–H and O–H groups in total. The SMILES string of the molecule is CCc1ccc([Si](OC(C)C)(OC(C)C)OC(C)C)cc1. The largest absolute Gasteiger partial charge is 0.537 e. The van der Waals surface area contributed by atoms with Crippen molar-refractivity contribution >= 4 is 14.0 Å². The molecule has 0 radical (unpaired) electrons. The molecular weight excluding hydrogens is 280 g/mol. The summed E-state index contributed by atoms with van der Waals surface area (Å²) in [6, 6.07) is 8.46. The molecule has 0 amide bonds. The lowest BCUT2D eigenvalue weighted by molar-refractivity contribution is 0.0153. The van der Waals surface area contributed by atoms with E-state index in [-0.39, 0.29) is 18.3 Å². The van der Waals surface area contributed by atoms with E-state index < -0.39 is 8.80 Å². The summed E-state index contributed by atoms with van der Waals surface area (Å²) >= 11 is 0. The summed E-state index contributed by atoms with van der Waals surface area (Å²) in [5.74, 6) is 0. The second-order valence-corrected chi connectivity index (χ2v) is 8.50. The van der Waals surface area contributed by atoms with Crippen LogP contribution >= 0.6 is 0 Å². The summed E-state index contributed by atoms with van der Waals surface area (Å²) < 4.78 is 18.6. The van der Waals surface area contributed by atoms with Crippen LogP contribution in [0.25, 0.3) is 0 Å². The van der Waals surface area contributed by atoms with Gasteiger partial charge in [-0.3, -0.25) is 0 Å². The highest BCUT2D eigenvalue weighted by Gasteiger charge is 2.46. The Hall–Kier alpha value is -0.683. The van der Waals surface area contributed by atoms with Gasteiger partial charge in [0.1, 0.15) is 0 Å². The Morgan fingerprint density at radius 3 is 1.43 bits per heavy atom. The Morgan fingerprint density at radius 2 is 1.14 bits per heavy atom. The lowest BCUT2D eigenvalue weighted by atomic mass is 10.2. The minimum absolute atomic E-state index is 0.0556. The molecule has 0 aliphatic carbocycles. The first-order chi connectivity index (χ1) is 9.79. The van der Waals surface area contributed by atoms with E-state index in [1.807, 2.05) is 41.5 Å². The van der Waals surface area contributed by atoms with Gasteiger partial charge in [0.25, 0.3) is 0 Å². The van der Waals surface area contributed by atoms with Crippen LogP contribution < -0.4 is 5.19 Å². The van der Waals surface area contributed by atoms with E-state index in [1.54, 1.807) is 0 Å². The van der Waals surface area contributed by atoms with E-state index in [9.17, 15) is 0 Å². The predicted octanol–water partition coefficient (Wildman–Crippen LogP) is 3.67. The zero-order valence-electron chi connectivity index (χ0n) is 14.5. The Kier molecular flexibility index (Phi) is 7.07. The molecule has 0 aliphatic rings. The van der Waals surface area contributed by atoms with Crippen LogP contribution in [0.15, 0.2) is 24.3 Å². The summed E-state index contributed by atoms with van der Waals surface area (Å²) in [6.07, 6.45) is 1.19. The number of hydrogen-bond donors (Lipinski definition) is 0. The van der Waals surface area contributed by atoms with Crippen molar-refractivity contribution < 1.29 is 13.3 Å². The minimum atomic E-state index is -2.90. The molecule has 0 aliphatic heterocycles. The lowest BCUT2D eigenvalue weighted by Gasteiger charge is -2.34. The first kappa shape index (κ1) is 18.4. The maximum absolute atomic E-state index is 6.21. The van der Waals surface area contributed by atoms with E-state index in [0.29, 0.717) is 0 Å². The zero-order chi connectivity index (χ0) is 16.0. The molecule has 1 aromatic carbocycles. The maximum Gasteiger partial charge on any atom is 0.537 e.